The molecule has 0 aliphatic carbocycles. The summed E-state index contributed by atoms with van der Waals surface area (Å²) in [4.78, 5) is 11.8. The normalized spacial score (nSPS) is 10.3. The molecule has 0 unspecified atom stereocenters. The van der Waals surface area contributed by atoms with Gasteiger partial charge in [0.15, 0.2) is 0 Å². The van der Waals surface area contributed by atoms with Gasteiger partial charge in [-0.05, 0) is 31.7 Å². The Labute approximate surface area is 105 Å². The Morgan fingerprint density at radius 1 is 1.33 bits per heavy atom. The first-order valence-corrected chi connectivity index (χ1v) is 5.67. The van der Waals surface area contributed by atoms with Crippen molar-refractivity contribution in [3.05, 3.63) is 47.3 Å². The molecule has 18 heavy (non-hydrogen) atoms. The minimum absolute atomic E-state index is 0.215. The topological polar surface area (TPSA) is 67.2 Å². The molecule has 0 spiro atoms. The number of amides is 1. The maximum Gasteiger partial charge on any atom is 0.294 e. The molecule has 1 aromatic carbocycles. The molecular formula is C13H15N3O2. The number of carbonyl (C=O) groups is 1. The molecule has 5 heteroatoms. The van der Waals surface area contributed by atoms with E-state index in [0.717, 1.165) is 17.8 Å². The van der Waals surface area contributed by atoms with E-state index >= 15 is 0 Å². The molecular weight excluding hydrogens is 230 g/mol. The van der Waals surface area contributed by atoms with Crippen LogP contribution in [0.25, 0.3) is 0 Å². The fraction of sp³-hybridized carbons (Fsp3) is 0.231. The molecule has 0 aliphatic heterocycles. The third-order valence-corrected chi connectivity index (χ3v) is 2.44. The Morgan fingerprint density at radius 2 is 2.06 bits per heavy atom. The number of hydrogen-bond acceptors (Lipinski definition) is 4. The monoisotopic (exact) mass is 245 g/mol. The highest BCUT2D eigenvalue weighted by atomic mass is 16.5. The van der Waals surface area contributed by atoms with Crippen molar-refractivity contribution in [3.63, 3.8) is 0 Å². The standard InChI is InChI=1S/C13H15N3O2/c1-9-7-12(18-16-9)13(17)15-11-5-3-10(4-6-11)8-14-2/h3-7,14H,8H2,1-2H3,(H,15,17). The first-order valence-electron chi connectivity index (χ1n) is 5.67. The van der Waals surface area contributed by atoms with Gasteiger partial charge in [0.05, 0.1) is 5.69 Å². The Morgan fingerprint density at radius 3 is 2.61 bits per heavy atom. The zero-order valence-electron chi connectivity index (χ0n) is 10.4. The van der Waals surface area contributed by atoms with E-state index in [4.69, 9.17) is 4.52 Å². The van der Waals surface area contributed by atoms with Gasteiger partial charge in [-0.3, -0.25) is 4.79 Å². The molecule has 0 aliphatic rings. The second-order valence-corrected chi connectivity index (χ2v) is 4.01. The SMILES string of the molecule is CNCc1ccc(NC(=O)c2cc(C)no2)cc1. The zero-order chi connectivity index (χ0) is 13.0. The van der Waals surface area contributed by atoms with Gasteiger partial charge in [0, 0.05) is 18.3 Å². The highest BCUT2D eigenvalue weighted by Gasteiger charge is 2.11. The molecule has 0 radical (unpaired) electrons. The van der Waals surface area contributed by atoms with Gasteiger partial charge in [0.1, 0.15) is 0 Å². The lowest BCUT2D eigenvalue weighted by molar-refractivity contribution is 0.0988. The first kappa shape index (κ1) is 12.3. The minimum atomic E-state index is -0.294. The summed E-state index contributed by atoms with van der Waals surface area (Å²) in [5, 5.41) is 9.48. The molecule has 94 valence electrons. The van der Waals surface area contributed by atoms with Gasteiger partial charge in [-0.1, -0.05) is 17.3 Å². The van der Waals surface area contributed by atoms with E-state index in [-0.39, 0.29) is 11.7 Å². The van der Waals surface area contributed by atoms with Crippen LogP contribution in [0.15, 0.2) is 34.9 Å². The molecule has 0 fully saturated rings. The number of rotatable bonds is 4. The quantitative estimate of drug-likeness (QED) is 0.864. The van der Waals surface area contributed by atoms with Crippen LogP contribution in [0.3, 0.4) is 0 Å². The largest absolute Gasteiger partial charge is 0.351 e. The Kier molecular flexibility index (Phi) is 3.74. The van der Waals surface area contributed by atoms with Gasteiger partial charge in [0.25, 0.3) is 5.91 Å². The number of benzene rings is 1. The lowest BCUT2D eigenvalue weighted by Crippen LogP contribution is -2.11. The molecule has 1 aromatic heterocycles. The van der Waals surface area contributed by atoms with Gasteiger partial charge >= 0.3 is 0 Å². The average molecular weight is 245 g/mol. The van der Waals surface area contributed by atoms with Crippen molar-refractivity contribution in [3.8, 4) is 0 Å². The fourth-order valence-electron chi connectivity index (χ4n) is 1.57. The maximum absolute atomic E-state index is 11.8. The van der Waals surface area contributed by atoms with Crippen LogP contribution in [0.5, 0.6) is 0 Å². The Hall–Kier alpha value is -2.14. The molecule has 0 bridgehead atoms. The highest BCUT2D eigenvalue weighted by Crippen LogP contribution is 2.11. The molecule has 1 heterocycles. The third-order valence-electron chi connectivity index (χ3n) is 2.44. The summed E-state index contributed by atoms with van der Waals surface area (Å²) in [6.45, 7) is 2.57. The molecule has 2 N–H and O–H groups in total. The summed E-state index contributed by atoms with van der Waals surface area (Å²) in [7, 11) is 1.89. The predicted molar refractivity (Wildman–Crippen MR) is 68.4 cm³/mol. The van der Waals surface area contributed by atoms with Crippen molar-refractivity contribution >= 4 is 11.6 Å². The van der Waals surface area contributed by atoms with E-state index in [1.54, 1.807) is 13.0 Å². The maximum atomic E-state index is 11.8. The average Bonchev–Trinajstić information content (AvgIpc) is 2.79. The number of aryl methyl sites for hydroxylation is 1. The second-order valence-electron chi connectivity index (χ2n) is 4.01. The number of carbonyl (C=O) groups excluding carboxylic acids is 1. The summed E-state index contributed by atoms with van der Waals surface area (Å²) in [5.41, 5.74) is 2.57. The summed E-state index contributed by atoms with van der Waals surface area (Å²) in [6.07, 6.45) is 0. The van der Waals surface area contributed by atoms with Crippen molar-refractivity contribution in [1.29, 1.82) is 0 Å². The van der Waals surface area contributed by atoms with Crippen molar-refractivity contribution in [2.75, 3.05) is 12.4 Å². The van der Waals surface area contributed by atoms with Crippen LogP contribution < -0.4 is 10.6 Å². The number of aromatic nitrogens is 1. The first-order chi connectivity index (χ1) is 8.69. The van der Waals surface area contributed by atoms with E-state index < -0.39 is 0 Å². The lowest BCUT2D eigenvalue weighted by atomic mass is 10.2. The van der Waals surface area contributed by atoms with E-state index in [1.165, 1.54) is 0 Å². The van der Waals surface area contributed by atoms with Gasteiger partial charge in [-0.25, -0.2) is 0 Å². The summed E-state index contributed by atoms with van der Waals surface area (Å²) < 4.78 is 4.89. The molecule has 0 atom stereocenters. The Balaban J connectivity index is 2.03. The number of nitrogens with one attached hydrogen (secondary N) is 2. The van der Waals surface area contributed by atoms with E-state index in [2.05, 4.69) is 15.8 Å². The number of hydrogen-bond donors (Lipinski definition) is 2. The van der Waals surface area contributed by atoms with Crippen LogP contribution in [0, 0.1) is 6.92 Å². The van der Waals surface area contributed by atoms with Crippen molar-refractivity contribution in [2.45, 2.75) is 13.5 Å². The van der Waals surface area contributed by atoms with Gasteiger partial charge in [-0.2, -0.15) is 0 Å². The van der Waals surface area contributed by atoms with Crippen LogP contribution in [0.2, 0.25) is 0 Å². The summed E-state index contributed by atoms with van der Waals surface area (Å²) in [5.74, 6) is -0.0798. The fourth-order valence-corrected chi connectivity index (χ4v) is 1.57. The Bertz CT molecular complexity index is 531. The summed E-state index contributed by atoms with van der Waals surface area (Å²) >= 11 is 0. The molecule has 0 saturated heterocycles. The molecule has 2 rings (SSSR count). The van der Waals surface area contributed by atoms with E-state index in [0.29, 0.717) is 5.69 Å². The van der Waals surface area contributed by atoms with Crippen molar-refractivity contribution in [1.82, 2.24) is 10.5 Å². The second kappa shape index (κ2) is 5.46. The van der Waals surface area contributed by atoms with Crippen LogP contribution in [-0.4, -0.2) is 18.1 Å². The highest BCUT2D eigenvalue weighted by molar-refractivity contribution is 6.02. The number of anilines is 1. The third kappa shape index (κ3) is 2.95. The van der Waals surface area contributed by atoms with E-state index in [1.807, 2.05) is 31.3 Å². The van der Waals surface area contributed by atoms with Crippen LogP contribution >= 0.6 is 0 Å². The lowest BCUT2D eigenvalue weighted by Gasteiger charge is -2.04. The van der Waals surface area contributed by atoms with Gasteiger partial charge < -0.3 is 15.2 Å². The smallest absolute Gasteiger partial charge is 0.294 e. The van der Waals surface area contributed by atoms with Crippen molar-refractivity contribution in [2.24, 2.45) is 0 Å². The predicted octanol–water partition coefficient (Wildman–Crippen LogP) is 1.95. The van der Waals surface area contributed by atoms with E-state index in [9.17, 15) is 4.79 Å². The minimum Gasteiger partial charge on any atom is -0.351 e. The van der Waals surface area contributed by atoms with Crippen LogP contribution in [0.1, 0.15) is 21.8 Å². The number of nitrogens with zero attached hydrogens (tertiary/aromatic N) is 1. The molecule has 1 amide bonds. The molecule has 0 saturated carbocycles. The van der Waals surface area contributed by atoms with Gasteiger partial charge in [-0.15, -0.1) is 0 Å². The zero-order valence-corrected chi connectivity index (χ0v) is 10.4. The van der Waals surface area contributed by atoms with Crippen LogP contribution in [0.4, 0.5) is 5.69 Å². The van der Waals surface area contributed by atoms with Crippen molar-refractivity contribution < 1.29 is 9.32 Å². The summed E-state index contributed by atoms with van der Waals surface area (Å²) in [6, 6.07) is 9.22. The van der Waals surface area contributed by atoms with Gasteiger partial charge in [0.2, 0.25) is 5.76 Å². The van der Waals surface area contributed by atoms with Crippen LogP contribution in [-0.2, 0) is 6.54 Å². The molecule has 5 nitrogen and oxygen atoms in total. The molecule has 2 aromatic rings.